The highest BCUT2D eigenvalue weighted by molar-refractivity contribution is 7.18. The number of hydrogen-bond acceptors (Lipinski definition) is 6. The molecule has 1 fully saturated rings. The van der Waals surface area contributed by atoms with Gasteiger partial charge in [0.25, 0.3) is 5.69 Å². The third-order valence-electron chi connectivity index (χ3n) is 3.39. The second-order valence-electron chi connectivity index (χ2n) is 4.86. The fourth-order valence-corrected chi connectivity index (χ4v) is 3.25. The molecule has 2 aromatic rings. The molecule has 0 amide bonds. The summed E-state index contributed by atoms with van der Waals surface area (Å²) < 4.78 is 6.16. The molecule has 0 bridgehead atoms. The van der Waals surface area contributed by atoms with Gasteiger partial charge in [0.2, 0.25) is 0 Å². The van der Waals surface area contributed by atoms with Gasteiger partial charge in [-0.2, -0.15) is 0 Å². The monoisotopic (exact) mass is 293 g/mol. The number of nitro benzene ring substituents is 1. The number of aryl methyl sites for hydroxylation is 1. The Kier molecular flexibility index (Phi) is 3.54. The first-order valence-electron chi connectivity index (χ1n) is 6.53. The molecule has 0 radical (unpaired) electrons. The van der Waals surface area contributed by atoms with Gasteiger partial charge in [0, 0.05) is 25.3 Å². The zero-order valence-corrected chi connectivity index (χ0v) is 11.9. The van der Waals surface area contributed by atoms with E-state index < -0.39 is 0 Å². The third kappa shape index (κ3) is 2.59. The maximum Gasteiger partial charge on any atom is 0.293 e. The molecule has 7 heteroatoms. The molecule has 1 aromatic carbocycles. The normalized spacial score (nSPS) is 16.4. The lowest BCUT2D eigenvalue weighted by Crippen LogP contribution is -2.28. The van der Waals surface area contributed by atoms with Crippen molar-refractivity contribution in [1.29, 1.82) is 0 Å². The molecule has 106 valence electrons. The number of rotatable bonds is 3. The molecule has 0 saturated carbocycles. The number of fused-ring (bicyclic) bond motifs is 1. The molecule has 1 aliphatic rings. The first kappa shape index (κ1) is 13.3. The summed E-state index contributed by atoms with van der Waals surface area (Å²) >= 11 is 1.48. The number of anilines is 1. The lowest BCUT2D eigenvalue weighted by atomic mass is 10.1. The van der Waals surface area contributed by atoms with Crippen LogP contribution in [-0.2, 0) is 4.74 Å². The Bertz CT molecular complexity index is 650. The van der Waals surface area contributed by atoms with E-state index in [4.69, 9.17) is 4.74 Å². The molecule has 0 aliphatic carbocycles. The summed E-state index contributed by atoms with van der Waals surface area (Å²) in [6.07, 6.45) is 1.73. The van der Waals surface area contributed by atoms with Crippen molar-refractivity contribution < 1.29 is 9.66 Å². The van der Waals surface area contributed by atoms with Gasteiger partial charge >= 0.3 is 0 Å². The van der Waals surface area contributed by atoms with Crippen LogP contribution in [-0.4, -0.2) is 29.2 Å². The minimum atomic E-state index is -0.337. The van der Waals surface area contributed by atoms with Crippen LogP contribution in [0.2, 0.25) is 0 Å². The van der Waals surface area contributed by atoms with Gasteiger partial charge in [-0.25, -0.2) is 4.98 Å². The number of aromatic nitrogens is 1. The third-order valence-corrected chi connectivity index (χ3v) is 4.32. The molecule has 0 unspecified atom stereocenters. The van der Waals surface area contributed by atoms with Crippen LogP contribution in [0.3, 0.4) is 0 Å². The predicted molar refractivity (Wildman–Crippen MR) is 78.5 cm³/mol. The molecule has 6 nitrogen and oxygen atoms in total. The highest BCUT2D eigenvalue weighted by Gasteiger charge is 2.21. The largest absolute Gasteiger partial charge is 0.381 e. The van der Waals surface area contributed by atoms with E-state index >= 15 is 0 Å². The van der Waals surface area contributed by atoms with Crippen molar-refractivity contribution in [1.82, 2.24) is 4.98 Å². The Balaban J connectivity index is 1.97. The van der Waals surface area contributed by atoms with Crippen molar-refractivity contribution in [3.63, 3.8) is 0 Å². The lowest BCUT2D eigenvalue weighted by molar-refractivity contribution is -0.383. The maximum atomic E-state index is 11.2. The summed E-state index contributed by atoms with van der Waals surface area (Å²) in [6, 6.07) is 3.62. The van der Waals surface area contributed by atoms with Gasteiger partial charge in [0.05, 0.1) is 20.1 Å². The topological polar surface area (TPSA) is 77.3 Å². The molecule has 1 saturated heterocycles. The Labute approximate surface area is 119 Å². The molecule has 20 heavy (non-hydrogen) atoms. The maximum absolute atomic E-state index is 11.2. The summed E-state index contributed by atoms with van der Waals surface area (Å²) in [5.74, 6) is 0. The number of benzene rings is 1. The zero-order chi connectivity index (χ0) is 14.1. The van der Waals surface area contributed by atoms with Crippen LogP contribution >= 0.6 is 11.3 Å². The molecule has 2 heterocycles. The lowest BCUT2D eigenvalue weighted by Gasteiger charge is -2.23. The van der Waals surface area contributed by atoms with Crippen molar-refractivity contribution >= 4 is 32.9 Å². The number of nitro groups is 1. The van der Waals surface area contributed by atoms with Crippen LogP contribution in [0.25, 0.3) is 10.2 Å². The van der Waals surface area contributed by atoms with Gasteiger partial charge in [-0.1, -0.05) is 0 Å². The summed E-state index contributed by atoms with van der Waals surface area (Å²) in [5, 5.41) is 15.4. The van der Waals surface area contributed by atoms with Gasteiger partial charge < -0.3 is 10.1 Å². The average molecular weight is 293 g/mol. The van der Waals surface area contributed by atoms with Crippen molar-refractivity contribution in [3.05, 3.63) is 27.3 Å². The van der Waals surface area contributed by atoms with E-state index in [0.29, 0.717) is 18.9 Å². The predicted octanol–water partition coefficient (Wildman–Crippen LogP) is 3.10. The van der Waals surface area contributed by atoms with E-state index in [-0.39, 0.29) is 16.7 Å². The smallest absolute Gasteiger partial charge is 0.293 e. The molecule has 1 N–H and O–H groups in total. The average Bonchev–Trinajstić information content (AvgIpc) is 2.78. The van der Waals surface area contributed by atoms with E-state index in [1.54, 1.807) is 12.1 Å². The number of nitrogens with one attached hydrogen (secondary N) is 1. The summed E-state index contributed by atoms with van der Waals surface area (Å²) in [7, 11) is 0. The van der Waals surface area contributed by atoms with E-state index in [9.17, 15) is 10.1 Å². The van der Waals surface area contributed by atoms with Crippen LogP contribution in [0.15, 0.2) is 12.1 Å². The second kappa shape index (κ2) is 5.34. The van der Waals surface area contributed by atoms with Crippen molar-refractivity contribution in [2.24, 2.45) is 0 Å². The number of nitrogens with zero attached hydrogens (tertiary/aromatic N) is 2. The minimum absolute atomic E-state index is 0.118. The minimum Gasteiger partial charge on any atom is -0.381 e. The molecule has 1 aromatic heterocycles. The Morgan fingerprint density at radius 2 is 2.20 bits per heavy atom. The number of thiazole rings is 1. The number of hydrogen-bond donors (Lipinski definition) is 1. The van der Waals surface area contributed by atoms with E-state index in [2.05, 4.69) is 10.3 Å². The van der Waals surface area contributed by atoms with Crippen LogP contribution in [0.5, 0.6) is 0 Å². The van der Waals surface area contributed by atoms with E-state index in [0.717, 1.165) is 28.1 Å². The Hall–Kier alpha value is -1.73. The zero-order valence-electron chi connectivity index (χ0n) is 11.1. The molecular formula is C13H15N3O3S. The SMILES string of the molecule is Cc1nc2cc(NC3CCOCC3)c([N+](=O)[O-])cc2s1. The molecule has 0 spiro atoms. The standard InChI is InChI=1S/C13H15N3O3S/c1-8-14-11-6-10(15-9-2-4-19-5-3-9)12(16(17)18)7-13(11)20-8/h6-7,9,15H,2-5H2,1H3. The van der Waals surface area contributed by atoms with Gasteiger partial charge in [-0.15, -0.1) is 11.3 Å². The fraction of sp³-hybridized carbons (Fsp3) is 0.462. The Morgan fingerprint density at radius 3 is 2.90 bits per heavy atom. The summed E-state index contributed by atoms with van der Waals surface area (Å²) in [6.45, 7) is 3.30. The van der Waals surface area contributed by atoms with Crippen LogP contribution in [0.1, 0.15) is 17.8 Å². The molecular weight excluding hydrogens is 278 g/mol. The Morgan fingerprint density at radius 1 is 1.45 bits per heavy atom. The van der Waals surface area contributed by atoms with Gasteiger partial charge in [-0.05, 0) is 25.8 Å². The van der Waals surface area contributed by atoms with Gasteiger partial charge in [0.1, 0.15) is 5.69 Å². The highest BCUT2D eigenvalue weighted by Crippen LogP contribution is 2.33. The molecule has 0 atom stereocenters. The van der Waals surface area contributed by atoms with E-state index in [1.807, 2.05) is 6.92 Å². The van der Waals surface area contributed by atoms with Crippen molar-refractivity contribution in [2.45, 2.75) is 25.8 Å². The highest BCUT2D eigenvalue weighted by atomic mass is 32.1. The summed E-state index contributed by atoms with van der Waals surface area (Å²) in [5.41, 5.74) is 1.49. The molecule has 1 aliphatic heterocycles. The quantitative estimate of drug-likeness (QED) is 0.695. The van der Waals surface area contributed by atoms with E-state index in [1.165, 1.54) is 11.3 Å². The van der Waals surface area contributed by atoms with Gasteiger partial charge in [-0.3, -0.25) is 10.1 Å². The number of ether oxygens (including phenoxy) is 1. The first-order valence-corrected chi connectivity index (χ1v) is 7.35. The summed E-state index contributed by atoms with van der Waals surface area (Å²) in [4.78, 5) is 15.3. The van der Waals surface area contributed by atoms with Crippen LogP contribution in [0, 0.1) is 17.0 Å². The second-order valence-corrected chi connectivity index (χ2v) is 6.09. The van der Waals surface area contributed by atoms with Gasteiger partial charge in [0.15, 0.2) is 0 Å². The molecule has 3 rings (SSSR count). The first-order chi connectivity index (χ1) is 9.63. The van der Waals surface area contributed by atoms with Crippen LogP contribution in [0.4, 0.5) is 11.4 Å². The van der Waals surface area contributed by atoms with Crippen molar-refractivity contribution in [2.75, 3.05) is 18.5 Å². The van der Waals surface area contributed by atoms with Crippen LogP contribution < -0.4 is 5.32 Å². The fourth-order valence-electron chi connectivity index (χ4n) is 2.41. The van der Waals surface area contributed by atoms with Crippen molar-refractivity contribution in [3.8, 4) is 0 Å².